The molecule has 0 unspecified atom stereocenters. The summed E-state index contributed by atoms with van der Waals surface area (Å²) < 4.78 is 11.3. The molecule has 0 bridgehead atoms. The third-order valence-corrected chi connectivity index (χ3v) is 5.32. The van der Waals surface area contributed by atoms with Gasteiger partial charge in [0.05, 0.1) is 0 Å². The SMILES string of the molecule is CCCCCCCCCCCCCCCCCCNC(C)(OCC)OCC. The first kappa shape index (κ1) is 26.9. The highest BCUT2D eigenvalue weighted by Gasteiger charge is 2.23. The monoisotopic (exact) mass is 385 g/mol. The highest BCUT2D eigenvalue weighted by atomic mass is 16.7. The third-order valence-electron chi connectivity index (χ3n) is 5.32. The summed E-state index contributed by atoms with van der Waals surface area (Å²) in [6, 6.07) is 0. The van der Waals surface area contributed by atoms with Crippen LogP contribution in [0.3, 0.4) is 0 Å². The van der Waals surface area contributed by atoms with Gasteiger partial charge in [-0.2, -0.15) is 0 Å². The molecule has 0 atom stereocenters. The average molecular weight is 386 g/mol. The van der Waals surface area contributed by atoms with Crippen LogP contribution in [0.4, 0.5) is 0 Å². The summed E-state index contributed by atoms with van der Waals surface area (Å²) in [7, 11) is 0. The molecule has 0 fully saturated rings. The van der Waals surface area contributed by atoms with Crippen molar-refractivity contribution in [2.45, 2.75) is 136 Å². The van der Waals surface area contributed by atoms with Crippen LogP contribution in [0.2, 0.25) is 0 Å². The normalized spacial score (nSPS) is 12.0. The van der Waals surface area contributed by atoms with E-state index in [1.807, 2.05) is 20.8 Å². The lowest BCUT2D eigenvalue weighted by molar-refractivity contribution is -0.240. The quantitative estimate of drug-likeness (QED) is 0.154. The minimum atomic E-state index is -0.612. The Hall–Kier alpha value is -0.120. The van der Waals surface area contributed by atoms with Crippen molar-refractivity contribution in [3.63, 3.8) is 0 Å². The molecule has 0 spiro atoms. The lowest BCUT2D eigenvalue weighted by Crippen LogP contribution is -2.47. The lowest BCUT2D eigenvalue weighted by atomic mass is 10.0. The van der Waals surface area contributed by atoms with E-state index in [-0.39, 0.29) is 0 Å². The fourth-order valence-electron chi connectivity index (χ4n) is 3.68. The molecule has 164 valence electrons. The Kier molecular flexibility index (Phi) is 20.5. The molecule has 0 heterocycles. The smallest absolute Gasteiger partial charge is 0.224 e. The molecule has 0 aliphatic rings. The zero-order chi connectivity index (χ0) is 20.1. The molecule has 0 radical (unpaired) electrons. The Bertz CT molecular complexity index is 278. The van der Waals surface area contributed by atoms with E-state index in [1.165, 1.54) is 103 Å². The summed E-state index contributed by atoms with van der Waals surface area (Å²) >= 11 is 0. The van der Waals surface area contributed by atoms with Crippen molar-refractivity contribution < 1.29 is 9.47 Å². The molecule has 1 N–H and O–H groups in total. The van der Waals surface area contributed by atoms with Gasteiger partial charge in [-0.1, -0.05) is 103 Å². The zero-order valence-electron chi connectivity index (χ0n) is 19.3. The second-order valence-corrected chi connectivity index (χ2v) is 8.04. The predicted molar refractivity (Wildman–Crippen MR) is 119 cm³/mol. The summed E-state index contributed by atoms with van der Waals surface area (Å²) in [5, 5.41) is 3.40. The molecule has 0 saturated heterocycles. The molecule has 0 aromatic carbocycles. The number of unbranched alkanes of at least 4 members (excludes halogenated alkanes) is 15. The number of ether oxygens (including phenoxy) is 2. The molecule has 0 aromatic rings. The van der Waals surface area contributed by atoms with Gasteiger partial charge in [0.2, 0.25) is 5.91 Å². The molecule has 0 aliphatic carbocycles. The van der Waals surface area contributed by atoms with E-state index < -0.39 is 5.91 Å². The predicted octanol–water partition coefficient (Wildman–Crippen LogP) is 7.58. The maximum absolute atomic E-state index is 5.67. The number of hydrogen-bond donors (Lipinski definition) is 1. The molecule has 27 heavy (non-hydrogen) atoms. The molecule has 0 aromatic heterocycles. The standard InChI is InChI=1S/C24H51NO2/c1-5-8-9-10-11-12-13-14-15-16-17-18-19-20-21-22-23-25-24(4,26-6-2)27-7-3/h25H,5-23H2,1-4H3. The van der Waals surface area contributed by atoms with Gasteiger partial charge in [0.1, 0.15) is 0 Å². The van der Waals surface area contributed by atoms with E-state index in [4.69, 9.17) is 9.47 Å². The van der Waals surface area contributed by atoms with Gasteiger partial charge < -0.3 is 9.47 Å². The van der Waals surface area contributed by atoms with Gasteiger partial charge in [0.25, 0.3) is 0 Å². The van der Waals surface area contributed by atoms with Crippen LogP contribution in [-0.4, -0.2) is 25.7 Å². The highest BCUT2D eigenvalue weighted by Crippen LogP contribution is 2.14. The summed E-state index contributed by atoms with van der Waals surface area (Å²) in [6.45, 7) is 10.6. The van der Waals surface area contributed by atoms with Crippen LogP contribution in [0.15, 0.2) is 0 Å². The van der Waals surface area contributed by atoms with Crippen molar-refractivity contribution >= 4 is 0 Å². The Labute approximate surface area is 171 Å². The number of hydrogen-bond acceptors (Lipinski definition) is 3. The Balaban J connectivity index is 3.25. The van der Waals surface area contributed by atoms with Crippen LogP contribution >= 0.6 is 0 Å². The first-order chi connectivity index (χ1) is 13.2. The van der Waals surface area contributed by atoms with Crippen molar-refractivity contribution in [2.24, 2.45) is 0 Å². The van der Waals surface area contributed by atoms with E-state index in [0.29, 0.717) is 13.2 Å². The van der Waals surface area contributed by atoms with E-state index in [0.717, 1.165) is 6.54 Å². The van der Waals surface area contributed by atoms with Crippen LogP contribution in [0.5, 0.6) is 0 Å². The number of nitrogens with one attached hydrogen (secondary N) is 1. The maximum Gasteiger partial charge on any atom is 0.224 e. The second kappa shape index (κ2) is 20.6. The van der Waals surface area contributed by atoms with Crippen LogP contribution in [0, 0.1) is 0 Å². The first-order valence-corrected chi connectivity index (χ1v) is 12.2. The highest BCUT2D eigenvalue weighted by molar-refractivity contribution is 4.60. The van der Waals surface area contributed by atoms with Crippen molar-refractivity contribution in [2.75, 3.05) is 19.8 Å². The second-order valence-electron chi connectivity index (χ2n) is 8.04. The molecule has 0 aliphatic heterocycles. The van der Waals surface area contributed by atoms with Gasteiger partial charge in [-0.3, -0.25) is 5.32 Å². The fraction of sp³-hybridized carbons (Fsp3) is 1.00. The van der Waals surface area contributed by atoms with Crippen LogP contribution in [0.25, 0.3) is 0 Å². The summed E-state index contributed by atoms with van der Waals surface area (Å²) in [5.41, 5.74) is 0. The molecule has 3 nitrogen and oxygen atoms in total. The van der Waals surface area contributed by atoms with Gasteiger partial charge >= 0.3 is 0 Å². The average Bonchev–Trinajstić information content (AvgIpc) is 2.64. The fourth-order valence-corrected chi connectivity index (χ4v) is 3.68. The van der Waals surface area contributed by atoms with Crippen molar-refractivity contribution in [1.82, 2.24) is 5.32 Å². The zero-order valence-corrected chi connectivity index (χ0v) is 19.3. The van der Waals surface area contributed by atoms with Crippen molar-refractivity contribution in [3.05, 3.63) is 0 Å². The van der Waals surface area contributed by atoms with Crippen molar-refractivity contribution in [1.29, 1.82) is 0 Å². The van der Waals surface area contributed by atoms with Gasteiger partial charge in [-0.05, 0) is 20.3 Å². The lowest BCUT2D eigenvalue weighted by Gasteiger charge is -2.30. The van der Waals surface area contributed by atoms with Gasteiger partial charge in [-0.25, -0.2) is 0 Å². The van der Waals surface area contributed by atoms with Gasteiger partial charge in [-0.15, -0.1) is 0 Å². The van der Waals surface area contributed by atoms with Gasteiger partial charge in [0.15, 0.2) is 0 Å². The summed E-state index contributed by atoms with van der Waals surface area (Å²) in [6.07, 6.45) is 22.5. The topological polar surface area (TPSA) is 30.5 Å². The van der Waals surface area contributed by atoms with E-state index in [9.17, 15) is 0 Å². The third kappa shape index (κ3) is 19.0. The minimum Gasteiger partial charge on any atom is -0.338 e. The molecule has 3 heteroatoms. The van der Waals surface area contributed by atoms with Crippen LogP contribution in [-0.2, 0) is 9.47 Å². The Morgan fingerprint density at radius 3 is 1.19 bits per heavy atom. The largest absolute Gasteiger partial charge is 0.338 e. The summed E-state index contributed by atoms with van der Waals surface area (Å²) in [5.74, 6) is -0.612. The van der Waals surface area contributed by atoms with E-state index >= 15 is 0 Å². The van der Waals surface area contributed by atoms with Crippen molar-refractivity contribution in [3.8, 4) is 0 Å². The summed E-state index contributed by atoms with van der Waals surface area (Å²) in [4.78, 5) is 0. The number of rotatable bonds is 22. The van der Waals surface area contributed by atoms with E-state index in [1.54, 1.807) is 0 Å². The molecular formula is C24H51NO2. The first-order valence-electron chi connectivity index (χ1n) is 12.2. The molecular weight excluding hydrogens is 334 g/mol. The van der Waals surface area contributed by atoms with Gasteiger partial charge in [0, 0.05) is 26.7 Å². The van der Waals surface area contributed by atoms with E-state index in [2.05, 4.69) is 12.2 Å². The molecule has 0 rings (SSSR count). The molecule has 0 saturated carbocycles. The molecule has 0 amide bonds. The van der Waals surface area contributed by atoms with Crippen LogP contribution in [0.1, 0.15) is 130 Å². The van der Waals surface area contributed by atoms with Crippen LogP contribution < -0.4 is 5.32 Å². The maximum atomic E-state index is 5.67. The Morgan fingerprint density at radius 1 is 0.519 bits per heavy atom. The minimum absolute atomic E-state index is 0.612. The Morgan fingerprint density at radius 2 is 0.852 bits per heavy atom.